The van der Waals surface area contributed by atoms with Crippen LogP contribution in [0.4, 0.5) is 0 Å². The summed E-state index contributed by atoms with van der Waals surface area (Å²) in [6.07, 6.45) is 2.21. The minimum atomic E-state index is 0.341. The van der Waals surface area contributed by atoms with Crippen molar-refractivity contribution in [3.63, 3.8) is 0 Å². The van der Waals surface area contributed by atoms with Crippen LogP contribution in [0.25, 0.3) is 0 Å². The van der Waals surface area contributed by atoms with Crippen molar-refractivity contribution in [1.29, 1.82) is 0 Å². The third kappa shape index (κ3) is 2.57. The summed E-state index contributed by atoms with van der Waals surface area (Å²) in [5, 5.41) is 0.819. The van der Waals surface area contributed by atoms with Gasteiger partial charge in [-0.2, -0.15) is 0 Å². The highest BCUT2D eigenvalue weighted by Crippen LogP contribution is 2.28. The van der Waals surface area contributed by atoms with Crippen LogP contribution in [0.5, 0.6) is 0 Å². The molecular formula is C13H19ClN2. The van der Waals surface area contributed by atoms with E-state index in [0.29, 0.717) is 12.1 Å². The molecule has 1 aromatic rings. The Balaban J connectivity index is 2.16. The molecule has 2 rings (SSSR count). The first kappa shape index (κ1) is 11.9. The van der Waals surface area contributed by atoms with Gasteiger partial charge in [0, 0.05) is 30.2 Å². The van der Waals surface area contributed by atoms with Gasteiger partial charge in [-0.15, -0.1) is 0 Å². The lowest BCUT2D eigenvalue weighted by Gasteiger charge is -2.27. The quantitative estimate of drug-likeness (QED) is 0.878. The van der Waals surface area contributed by atoms with Gasteiger partial charge in [-0.25, -0.2) is 0 Å². The van der Waals surface area contributed by atoms with Crippen LogP contribution in [0.2, 0.25) is 5.02 Å². The third-order valence-electron chi connectivity index (χ3n) is 3.32. The second kappa shape index (κ2) is 5.17. The standard InChI is InChI=1S/C13H19ClN2/c1-2-13(16-7-6-12(15)9-16)10-4-3-5-11(14)8-10/h3-5,8,12-13H,2,6-7,9,15H2,1H3. The van der Waals surface area contributed by atoms with Crippen LogP contribution in [0.15, 0.2) is 24.3 Å². The number of halogens is 1. The molecule has 1 fully saturated rings. The second-order valence-corrected chi connectivity index (χ2v) is 4.96. The fourth-order valence-electron chi connectivity index (χ4n) is 2.52. The van der Waals surface area contributed by atoms with E-state index in [4.69, 9.17) is 17.3 Å². The topological polar surface area (TPSA) is 29.3 Å². The zero-order valence-electron chi connectivity index (χ0n) is 9.70. The minimum Gasteiger partial charge on any atom is -0.326 e. The molecule has 0 aliphatic carbocycles. The summed E-state index contributed by atoms with van der Waals surface area (Å²) >= 11 is 6.04. The van der Waals surface area contributed by atoms with E-state index >= 15 is 0 Å². The molecule has 1 aliphatic rings. The molecule has 1 aromatic carbocycles. The van der Waals surface area contributed by atoms with Gasteiger partial charge in [0.2, 0.25) is 0 Å². The number of hydrogen-bond donors (Lipinski definition) is 1. The van der Waals surface area contributed by atoms with E-state index in [0.717, 1.165) is 31.0 Å². The number of benzene rings is 1. The summed E-state index contributed by atoms with van der Waals surface area (Å²) in [4.78, 5) is 2.47. The Morgan fingerprint density at radius 1 is 1.56 bits per heavy atom. The van der Waals surface area contributed by atoms with Crippen molar-refractivity contribution in [3.8, 4) is 0 Å². The molecule has 0 radical (unpaired) electrons. The molecule has 2 N–H and O–H groups in total. The van der Waals surface area contributed by atoms with E-state index in [9.17, 15) is 0 Å². The number of hydrogen-bond acceptors (Lipinski definition) is 2. The number of nitrogens with zero attached hydrogens (tertiary/aromatic N) is 1. The van der Waals surface area contributed by atoms with Gasteiger partial charge >= 0.3 is 0 Å². The van der Waals surface area contributed by atoms with E-state index in [1.807, 2.05) is 12.1 Å². The van der Waals surface area contributed by atoms with Crippen molar-refractivity contribution in [2.24, 2.45) is 5.73 Å². The normalized spacial score (nSPS) is 23.6. The molecule has 0 bridgehead atoms. The highest BCUT2D eigenvalue weighted by atomic mass is 35.5. The maximum Gasteiger partial charge on any atom is 0.0409 e. The number of likely N-dealkylation sites (tertiary alicyclic amines) is 1. The average Bonchev–Trinajstić information content (AvgIpc) is 2.66. The summed E-state index contributed by atoms with van der Waals surface area (Å²) in [5.41, 5.74) is 7.27. The second-order valence-electron chi connectivity index (χ2n) is 4.52. The van der Waals surface area contributed by atoms with Crippen LogP contribution in [-0.4, -0.2) is 24.0 Å². The number of rotatable bonds is 3. The Morgan fingerprint density at radius 3 is 2.94 bits per heavy atom. The van der Waals surface area contributed by atoms with E-state index < -0.39 is 0 Å². The lowest BCUT2D eigenvalue weighted by atomic mass is 10.0. The monoisotopic (exact) mass is 238 g/mol. The SMILES string of the molecule is CCC(c1cccc(Cl)c1)N1CCC(N)C1. The Kier molecular flexibility index (Phi) is 3.85. The van der Waals surface area contributed by atoms with Gasteiger partial charge in [0.25, 0.3) is 0 Å². The molecule has 88 valence electrons. The molecule has 3 heteroatoms. The largest absolute Gasteiger partial charge is 0.326 e. The summed E-state index contributed by atoms with van der Waals surface area (Å²) in [6, 6.07) is 8.98. The van der Waals surface area contributed by atoms with Crippen LogP contribution >= 0.6 is 11.6 Å². The zero-order chi connectivity index (χ0) is 11.5. The summed E-state index contributed by atoms with van der Waals surface area (Å²) < 4.78 is 0. The fourth-order valence-corrected chi connectivity index (χ4v) is 2.72. The van der Waals surface area contributed by atoms with Crippen LogP contribution in [0.1, 0.15) is 31.4 Å². The lowest BCUT2D eigenvalue weighted by molar-refractivity contribution is 0.236. The molecule has 0 amide bonds. The summed E-state index contributed by atoms with van der Waals surface area (Å²) in [6.45, 7) is 4.33. The first-order chi connectivity index (χ1) is 7.70. The highest BCUT2D eigenvalue weighted by molar-refractivity contribution is 6.30. The Morgan fingerprint density at radius 2 is 2.38 bits per heavy atom. The van der Waals surface area contributed by atoms with Gasteiger partial charge in [-0.1, -0.05) is 30.7 Å². The van der Waals surface area contributed by atoms with Gasteiger partial charge < -0.3 is 5.73 Å². The molecule has 1 saturated heterocycles. The molecule has 2 unspecified atom stereocenters. The molecule has 2 atom stereocenters. The van der Waals surface area contributed by atoms with Crippen LogP contribution < -0.4 is 5.73 Å². The van der Waals surface area contributed by atoms with Gasteiger partial charge in [0.15, 0.2) is 0 Å². The zero-order valence-corrected chi connectivity index (χ0v) is 10.5. The van der Waals surface area contributed by atoms with Crippen LogP contribution in [0, 0.1) is 0 Å². The third-order valence-corrected chi connectivity index (χ3v) is 3.55. The molecule has 16 heavy (non-hydrogen) atoms. The maximum atomic E-state index is 6.04. The smallest absolute Gasteiger partial charge is 0.0409 e. The predicted octanol–water partition coefficient (Wildman–Crippen LogP) is 2.82. The first-order valence-electron chi connectivity index (χ1n) is 5.95. The van der Waals surface area contributed by atoms with Gasteiger partial charge in [0.05, 0.1) is 0 Å². The van der Waals surface area contributed by atoms with Crippen molar-refractivity contribution in [3.05, 3.63) is 34.9 Å². The van der Waals surface area contributed by atoms with Gasteiger partial charge in [0.1, 0.15) is 0 Å². The van der Waals surface area contributed by atoms with E-state index in [2.05, 4.69) is 24.0 Å². The van der Waals surface area contributed by atoms with Crippen LogP contribution in [-0.2, 0) is 0 Å². The molecule has 1 heterocycles. The van der Waals surface area contributed by atoms with E-state index in [1.54, 1.807) is 0 Å². The summed E-state index contributed by atoms with van der Waals surface area (Å²) in [7, 11) is 0. The molecule has 2 nitrogen and oxygen atoms in total. The van der Waals surface area contributed by atoms with Crippen molar-refractivity contribution < 1.29 is 0 Å². The van der Waals surface area contributed by atoms with Gasteiger partial charge in [-0.05, 0) is 30.5 Å². The molecule has 1 aliphatic heterocycles. The Bertz CT molecular complexity index is 354. The van der Waals surface area contributed by atoms with Crippen molar-refractivity contribution in [1.82, 2.24) is 4.90 Å². The molecule has 0 aromatic heterocycles. The average molecular weight is 239 g/mol. The molecule has 0 saturated carbocycles. The number of nitrogens with two attached hydrogens (primary N) is 1. The minimum absolute atomic E-state index is 0.341. The van der Waals surface area contributed by atoms with Gasteiger partial charge in [-0.3, -0.25) is 4.90 Å². The predicted molar refractivity (Wildman–Crippen MR) is 68.6 cm³/mol. The summed E-state index contributed by atoms with van der Waals surface area (Å²) in [5.74, 6) is 0. The fraction of sp³-hybridized carbons (Fsp3) is 0.538. The first-order valence-corrected chi connectivity index (χ1v) is 6.33. The Labute approximate surface area is 102 Å². The lowest BCUT2D eigenvalue weighted by Crippen LogP contribution is -2.29. The highest BCUT2D eigenvalue weighted by Gasteiger charge is 2.26. The van der Waals surface area contributed by atoms with E-state index in [-0.39, 0.29) is 0 Å². The molecular weight excluding hydrogens is 220 g/mol. The van der Waals surface area contributed by atoms with Crippen molar-refractivity contribution in [2.75, 3.05) is 13.1 Å². The molecule has 0 spiro atoms. The van der Waals surface area contributed by atoms with Crippen molar-refractivity contribution >= 4 is 11.6 Å². The Hall–Kier alpha value is -0.570. The maximum absolute atomic E-state index is 6.04. The van der Waals surface area contributed by atoms with Crippen molar-refractivity contribution in [2.45, 2.75) is 31.8 Å². The van der Waals surface area contributed by atoms with E-state index in [1.165, 1.54) is 5.56 Å². The van der Waals surface area contributed by atoms with Crippen LogP contribution in [0.3, 0.4) is 0 Å².